The fourth-order valence-electron chi connectivity index (χ4n) is 14.3. The summed E-state index contributed by atoms with van der Waals surface area (Å²) in [6.45, 7) is 5.25. The number of carbonyl (C=O) groups excluding carboxylic acids is 15. The maximum atomic E-state index is 15.4. The maximum absolute atomic E-state index is 15.4. The van der Waals surface area contributed by atoms with Crippen molar-refractivity contribution in [1.29, 1.82) is 0 Å². The van der Waals surface area contributed by atoms with Gasteiger partial charge in [0.05, 0.1) is 13.0 Å². The summed E-state index contributed by atoms with van der Waals surface area (Å²) < 4.78 is 0. The molecule has 24 N–H and O–H groups in total. The van der Waals surface area contributed by atoms with Crippen LogP contribution in [0.5, 0.6) is 5.75 Å². The normalized spacial score (nSPS) is 15.0. The highest BCUT2D eigenvalue weighted by atomic mass is 32.1. The van der Waals surface area contributed by atoms with Gasteiger partial charge in [-0.25, -0.2) is 0 Å². The third-order valence-corrected chi connectivity index (χ3v) is 21.8. The number of unbranched alkanes of at least 4 members (excludes halogenated alkanes) is 1. The summed E-state index contributed by atoms with van der Waals surface area (Å²) in [6.07, 6.45) is 6.81. The standard InChI is InChI=1S/C85H117N19O18S2/c1-47(2)73(104-82(119)66(40-54-43-91-59-25-14-12-23-57(54)59)102-81(118)67(41-72(109)110)97-75(112)48(3)93-83(120)68(45-123)94-49(4)105)85(122)103-69(46-124)84(121)100-64(38-52-28-30-55(106)31-29-52)79(116)101-65(39-53-42-90-58-24-13-11-22-56(53)58)80(117)96-61(27-17-34-87)77(114)99-63(37-51-20-9-6-10-21-51)78(115)98-62(36-50-18-7-5-8-19-50)76(113)92-44-71(108)89-35-32-70(107)95-60(74(88)111)26-15-16-33-86/h5,7-8,11-14,18-19,22-25,28-31,42-43,47-48,51,60-69,73,90-91,106,123-124H,6,9-10,15-17,20-21,26-27,32-41,44-46,86-87H2,1-4H3,(H2,88,111)(H,89,108)(H,92,113)(H,93,120)(H,94,105)(H,95,107)(H,96,117)(H,97,112)(H,98,115)(H,99,114)(H,100,121)(H,101,116)(H,102,118)(H,103,122)(H,104,119)(H,109,110)/t48-,60+,61-,62-,63-,64-,65-,66-,67-,68-,69-,73-/m0/s1. The second kappa shape index (κ2) is 50.5. The largest absolute Gasteiger partial charge is 0.508 e. The summed E-state index contributed by atoms with van der Waals surface area (Å²) in [6, 6.07) is 11.2. The predicted molar refractivity (Wildman–Crippen MR) is 467 cm³/mol. The number of H-pyrrole nitrogens is 2. The third-order valence-electron chi connectivity index (χ3n) is 21.1. The van der Waals surface area contributed by atoms with Gasteiger partial charge in [0.25, 0.3) is 0 Å². The molecule has 124 heavy (non-hydrogen) atoms. The van der Waals surface area contributed by atoms with Crippen LogP contribution in [0.2, 0.25) is 0 Å². The molecule has 1 fully saturated rings. The first-order valence-corrected chi connectivity index (χ1v) is 42.7. The molecule has 0 saturated heterocycles. The van der Waals surface area contributed by atoms with Crippen molar-refractivity contribution in [3.63, 3.8) is 0 Å². The number of carboxylic acid groups (broad SMARTS) is 1. The lowest BCUT2D eigenvalue weighted by Crippen LogP contribution is -2.62. The van der Waals surface area contributed by atoms with Crippen LogP contribution in [0.3, 0.4) is 0 Å². The number of rotatable bonds is 51. The summed E-state index contributed by atoms with van der Waals surface area (Å²) >= 11 is 8.53. The van der Waals surface area contributed by atoms with Crippen molar-refractivity contribution in [1.82, 2.24) is 84.4 Å². The van der Waals surface area contributed by atoms with Crippen molar-refractivity contribution in [3.05, 3.63) is 138 Å². The smallest absolute Gasteiger partial charge is 0.305 e. The quantitative estimate of drug-likeness (QED) is 0.0168. The van der Waals surface area contributed by atoms with Crippen LogP contribution in [-0.2, 0) is 102 Å². The number of amides is 15. The maximum Gasteiger partial charge on any atom is 0.305 e. The van der Waals surface area contributed by atoms with E-state index in [0.29, 0.717) is 76.3 Å². The van der Waals surface area contributed by atoms with Crippen molar-refractivity contribution in [2.75, 3.05) is 37.7 Å². The molecule has 0 bridgehead atoms. The number of benzene rings is 4. The Kier molecular flexibility index (Phi) is 40.3. The molecule has 1 aliphatic carbocycles. The first-order valence-electron chi connectivity index (χ1n) is 41.5. The fourth-order valence-corrected chi connectivity index (χ4v) is 14.8. The Morgan fingerprint density at radius 1 is 0.444 bits per heavy atom. The lowest BCUT2D eigenvalue weighted by atomic mass is 9.84. The Balaban J connectivity index is 1.11. The van der Waals surface area contributed by atoms with Gasteiger partial charge in [-0.15, -0.1) is 0 Å². The summed E-state index contributed by atoms with van der Waals surface area (Å²) in [7, 11) is 0. The van der Waals surface area contributed by atoms with E-state index >= 15 is 14.4 Å². The van der Waals surface area contributed by atoms with Crippen LogP contribution < -0.4 is 91.6 Å². The SMILES string of the molecule is CC(=O)N[C@@H](CS)C(=O)N[C@@H](C)C(=O)N[C@@H](CC(=O)O)C(=O)N[C@@H](Cc1c[nH]c2ccccc12)C(=O)N[C@H](C(=O)N[C@@H](CS)C(=O)N[C@@H](Cc1ccc(O)cc1)C(=O)N[C@@H](Cc1c[nH]c2ccccc12)C(=O)N[C@@H](CCCN)C(=O)N[C@@H](CC1CCCCC1)C(=O)N[C@@H](Cc1ccccc1)C(=O)NCC(=O)NCCC(=O)N[C@H](CCCCN)C(N)=O)C(C)C. The Bertz CT molecular complexity index is 4660. The van der Waals surface area contributed by atoms with Gasteiger partial charge in [-0.1, -0.05) is 125 Å². The molecule has 0 spiro atoms. The average Bonchev–Trinajstić information content (AvgIpc) is 1.66. The molecule has 1 aliphatic rings. The molecule has 15 amide bonds. The van der Waals surface area contributed by atoms with Gasteiger partial charge < -0.3 is 112 Å². The van der Waals surface area contributed by atoms with Gasteiger partial charge in [0.1, 0.15) is 78.3 Å². The summed E-state index contributed by atoms with van der Waals surface area (Å²) in [5.74, 6) is -15.7. The van der Waals surface area contributed by atoms with E-state index in [1.807, 2.05) is 0 Å². The first-order chi connectivity index (χ1) is 59.3. The molecular formula is C85H117N19O18S2. The Morgan fingerprint density at radius 3 is 1.44 bits per heavy atom. The van der Waals surface area contributed by atoms with Crippen LogP contribution in [0.25, 0.3) is 21.8 Å². The lowest BCUT2D eigenvalue weighted by molar-refractivity contribution is -0.141. The second-order valence-electron chi connectivity index (χ2n) is 31.1. The van der Waals surface area contributed by atoms with Crippen LogP contribution in [0.1, 0.15) is 133 Å². The minimum absolute atomic E-state index is 0.0417. The van der Waals surface area contributed by atoms with Crippen LogP contribution in [0, 0.1) is 11.8 Å². The minimum atomic E-state index is -1.86. The third kappa shape index (κ3) is 32.0. The van der Waals surface area contributed by atoms with Crippen molar-refractivity contribution < 1.29 is 86.9 Å². The molecule has 4 aromatic carbocycles. The lowest BCUT2D eigenvalue weighted by Gasteiger charge is -2.30. The predicted octanol–water partition coefficient (Wildman–Crippen LogP) is -0.581. The van der Waals surface area contributed by atoms with Gasteiger partial charge in [0.2, 0.25) is 88.6 Å². The number of aromatic amines is 2. The molecule has 0 radical (unpaired) electrons. The number of aromatic nitrogens is 2. The van der Waals surface area contributed by atoms with E-state index in [9.17, 15) is 72.5 Å². The van der Waals surface area contributed by atoms with E-state index in [2.05, 4.69) is 110 Å². The van der Waals surface area contributed by atoms with Crippen LogP contribution in [-0.4, -0.2) is 225 Å². The fraction of sp³-hybridized carbons (Fsp3) is 0.482. The number of thiol groups is 2. The molecule has 0 unspecified atom stereocenters. The van der Waals surface area contributed by atoms with Crippen molar-refractivity contribution in [3.8, 4) is 5.75 Å². The van der Waals surface area contributed by atoms with E-state index in [1.54, 1.807) is 105 Å². The summed E-state index contributed by atoms with van der Waals surface area (Å²) in [5, 5.41) is 58.2. The molecule has 2 heterocycles. The van der Waals surface area contributed by atoms with Gasteiger partial charge >= 0.3 is 5.97 Å². The number of para-hydroxylation sites is 2. The summed E-state index contributed by atoms with van der Waals surface area (Å²) in [5.41, 5.74) is 20.5. The van der Waals surface area contributed by atoms with Crippen molar-refractivity contribution >= 4 is 142 Å². The van der Waals surface area contributed by atoms with Gasteiger partial charge in [-0.05, 0) is 117 Å². The van der Waals surface area contributed by atoms with E-state index in [4.69, 9.17) is 17.2 Å². The zero-order chi connectivity index (χ0) is 90.5. The number of carboxylic acids is 1. The highest BCUT2D eigenvalue weighted by molar-refractivity contribution is 7.80. The molecule has 6 aromatic rings. The number of carbonyl (C=O) groups is 16. The molecule has 1 saturated carbocycles. The number of phenols is 1. The van der Waals surface area contributed by atoms with Crippen LogP contribution in [0.15, 0.2) is 116 Å². The summed E-state index contributed by atoms with van der Waals surface area (Å²) in [4.78, 5) is 228. The zero-order valence-corrected chi connectivity index (χ0v) is 71.7. The van der Waals surface area contributed by atoms with Crippen molar-refractivity contribution in [2.24, 2.45) is 29.0 Å². The number of hydrogen-bond donors (Lipinski definition) is 23. The number of fused-ring (bicyclic) bond motifs is 2. The van der Waals surface area contributed by atoms with Gasteiger partial charge in [0.15, 0.2) is 0 Å². The highest BCUT2D eigenvalue weighted by Gasteiger charge is 2.39. The average molecular weight is 1760 g/mol. The highest BCUT2D eigenvalue weighted by Crippen LogP contribution is 2.29. The molecule has 0 aliphatic heterocycles. The van der Waals surface area contributed by atoms with Crippen LogP contribution in [0.4, 0.5) is 0 Å². The van der Waals surface area contributed by atoms with Gasteiger partial charge in [-0.2, -0.15) is 25.3 Å². The number of aliphatic carboxylic acids is 1. The zero-order valence-electron chi connectivity index (χ0n) is 69.9. The molecule has 37 nitrogen and oxygen atoms in total. The van der Waals surface area contributed by atoms with E-state index in [-0.39, 0.29) is 88.3 Å². The van der Waals surface area contributed by atoms with E-state index in [1.165, 1.54) is 38.1 Å². The van der Waals surface area contributed by atoms with E-state index in [0.717, 1.165) is 19.3 Å². The number of aromatic hydroxyl groups is 1. The minimum Gasteiger partial charge on any atom is -0.508 e. The second-order valence-corrected chi connectivity index (χ2v) is 31.9. The number of nitrogens with one attached hydrogen (secondary N) is 16. The number of phenolic OH excluding ortho intramolecular Hbond substituents is 1. The number of primary amides is 1. The Labute approximate surface area is 728 Å². The first kappa shape index (κ1) is 99.0. The number of nitrogens with two attached hydrogens (primary N) is 3. The monoisotopic (exact) mass is 1760 g/mol. The molecule has 12 atom stereocenters. The van der Waals surface area contributed by atoms with Crippen molar-refractivity contribution in [2.45, 2.75) is 209 Å². The molecule has 2 aromatic heterocycles. The molecule has 672 valence electrons. The molecular weight excluding hydrogens is 1640 g/mol. The van der Waals surface area contributed by atoms with E-state index < -0.39 is 192 Å². The molecule has 39 heteroatoms. The van der Waals surface area contributed by atoms with Crippen LogP contribution >= 0.6 is 25.3 Å². The number of hydrogen-bond acceptors (Lipinski definition) is 21. The topological polar surface area (TPSA) is 592 Å². The Morgan fingerprint density at radius 2 is 0.895 bits per heavy atom. The van der Waals surface area contributed by atoms with Gasteiger partial charge in [-0.3, -0.25) is 76.7 Å². The molecule has 7 rings (SSSR count). The Hall–Kier alpha value is -12.1. The van der Waals surface area contributed by atoms with Gasteiger partial charge in [0, 0.05) is 91.3 Å².